The Balaban J connectivity index is 3.46. The molecule has 0 heterocycles. The van der Waals surface area contributed by atoms with E-state index in [9.17, 15) is 43.9 Å². The van der Waals surface area contributed by atoms with Crippen LogP contribution in [0, 0.1) is 5.82 Å². The van der Waals surface area contributed by atoms with Gasteiger partial charge in [-0.25, -0.2) is 9.18 Å². The summed E-state index contributed by atoms with van der Waals surface area (Å²) < 4.78 is 124. The molecule has 25 heavy (non-hydrogen) atoms. The van der Waals surface area contributed by atoms with Gasteiger partial charge in [0.05, 0.1) is 5.56 Å². The summed E-state index contributed by atoms with van der Waals surface area (Å²) in [6.07, 6.45) is -13.0. The van der Waals surface area contributed by atoms with Crippen molar-refractivity contribution in [2.24, 2.45) is 0 Å². The molecule has 0 bridgehead atoms. The Morgan fingerprint density at radius 2 is 1.56 bits per heavy atom. The molecule has 1 aromatic carbocycles. The number of phenolic OH excluding ortho intramolecular Hbond substituents is 1. The summed E-state index contributed by atoms with van der Waals surface area (Å²) in [5, 5.41) is 8.87. The summed E-state index contributed by atoms with van der Waals surface area (Å²) >= 11 is 0. The molecule has 1 rings (SSSR count). The van der Waals surface area contributed by atoms with Crippen LogP contribution in [0.3, 0.4) is 0 Å². The van der Waals surface area contributed by atoms with Crippen LogP contribution in [-0.4, -0.2) is 47.8 Å². The van der Waals surface area contributed by atoms with Gasteiger partial charge in [0.1, 0.15) is 5.75 Å². The van der Waals surface area contributed by atoms with Crippen LogP contribution in [0.4, 0.5) is 30.7 Å². The number of hydrogen-bond acceptors (Lipinski definition) is 5. The van der Waals surface area contributed by atoms with Gasteiger partial charge in [-0.1, -0.05) is 0 Å². The molecule has 1 aromatic rings. The van der Waals surface area contributed by atoms with Crippen LogP contribution < -0.4 is 0 Å². The number of alkyl halides is 6. The lowest BCUT2D eigenvalue weighted by atomic mass is 10.1. The average Bonchev–Trinajstić information content (AvgIpc) is 2.36. The predicted octanol–water partition coefficient (Wildman–Crippen LogP) is 2.44. The van der Waals surface area contributed by atoms with Crippen molar-refractivity contribution in [1.82, 2.24) is 0 Å². The van der Waals surface area contributed by atoms with Crippen LogP contribution in [0.5, 0.6) is 5.75 Å². The van der Waals surface area contributed by atoms with Gasteiger partial charge in [0.2, 0.25) is 0 Å². The minimum atomic E-state index is -6.49. The number of phenols is 1. The normalized spacial score (nSPS) is 13.6. The van der Waals surface area contributed by atoms with E-state index in [0.29, 0.717) is 12.1 Å². The van der Waals surface area contributed by atoms with Crippen LogP contribution in [0.15, 0.2) is 18.2 Å². The summed E-state index contributed by atoms with van der Waals surface area (Å²) in [5.74, 6) is -8.07. The van der Waals surface area contributed by atoms with Crippen molar-refractivity contribution in [1.29, 1.82) is 0 Å². The van der Waals surface area contributed by atoms with Crippen molar-refractivity contribution in [3.63, 3.8) is 0 Å². The summed E-state index contributed by atoms with van der Waals surface area (Å²) in [6.45, 7) is 0. The fourth-order valence-corrected chi connectivity index (χ4v) is 2.48. The van der Waals surface area contributed by atoms with E-state index in [-0.39, 0.29) is 6.07 Å². The highest BCUT2D eigenvalue weighted by Gasteiger charge is 2.76. The lowest BCUT2D eigenvalue weighted by molar-refractivity contribution is -0.356. The van der Waals surface area contributed by atoms with E-state index < -0.39 is 56.9 Å². The van der Waals surface area contributed by atoms with Gasteiger partial charge in [0.15, 0.2) is 11.6 Å². The maximum absolute atomic E-state index is 13.1. The van der Waals surface area contributed by atoms with E-state index in [4.69, 9.17) is 9.66 Å². The Bertz CT molecular complexity index is 754. The van der Waals surface area contributed by atoms with Gasteiger partial charge in [0, 0.05) is 0 Å². The zero-order valence-corrected chi connectivity index (χ0v) is 12.3. The number of carbonyl (C=O) groups excluding carboxylic acids is 1. The molecule has 0 saturated heterocycles. The van der Waals surface area contributed by atoms with Gasteiger partial charge in [-0.2, -0.15) is 34.8 Å². The highest BCUT2D eigenvalue weighted by molar-refractivity contribution is 7.85. The molecule has 0 aliphatic carbocycles. The third kappa shape index (κ3) is 4.50. The van der Waals surface area contributed by atoms with Crippen LogP contribution in [0.2, 0.25) is 0 Å². The van der Waals surface area contributed by atoms with Gasteiger partial charge < -0.3 is 9.84 Å². The van der Waals surface area contributed by atoms with E-state index in [0.717, 1.165) is 0 Å². The second-order valence-corrected chi connectivity index (χ2v) is 6.06. The molecule has 0 aliphatic rings. The Morgan fingerprint density at radius 1 is 1.08 bits per heavy atom. The van der Waals surface area contributed by atoms with Gasteiger partial charge >= 0.3 is 23.9 Å². The van der Waals surface area contributed by atoms with Gasteiger partial charge in [-0.05, 0) is 18.2 Å². The van der Waals surface area contributed by atoms with Crippen LogP contribution in [0.25, 0.3) is 0 Å². The Labute approximate surface area is 134 Å². The van der Waals surface area contributed by atoms with E-state index in [1.165, 1.54) is 0 Å². The Kier molecular flexibility index (Phi) is 5.30. The molecule has 0 spiro atoms. The molecule has 0 aromatic heterocycles. The van der Waals surface area contributed by atoms with E-state index >= 15 is 0 Å². The van der Waals surface area contributed by atoms with Gasteiger partial charge in [-0.3, -0.25) is 4.55 Å². The van der Waals surface area contributed by atoms with Crippen LogP contribution in [0.1, 0.15) is 10.4 Å². The number of carbonyl (C=O) groups is 1. The summed E-state index contributed by atoms with van der Waals surface area (Å²) in [4.78, 5) is 11.6. The summed E-state index contributed by atoms with van der Waals surface area (Å²) in [5.41, 5.74) is -6.78. The minimum absolute atomic E-state index is 0.0720. The minimum Gasteiger partial charge on any atom is -0.505 e. The first-order valence-electron chi connectivity index (χ1n) is 5.81. The van der Waals surface area contributed by atoms with E-state index in [1.807, 2.05) is 0 Å². The molecule has 0 radical (unpaired) electrons. The SMILES string of the molecule is O=C(OC(CS(=O)(=O)O)(C(F)(F)F)C(F)(F)F)c1ccc(O)c(F)c1. The second-order valence-electron chi connectivity index (χ2n) is 4.60. The fourth-order valence-electron chi connectivity index (χ4n) is 1.58. The molecule has 0 saturated carbocycles. The van der Waals surface area contributed by atoms with Crippen molar-refractivity contribution >= 4 is 16.1 Å². The standard InChI is InChI=1S/C11H7F7O6S/c12-6-3-5(1-2-7(6)19)8(20)24-9(10(13,14)15,11(16,17)18)4-25(21,22)23/h1-3,19H,4H2,(H,21,22,23). The number of esters is 1. The molecule has 0 amide bonds. The molecule has 0 atom stereocenters. The highest BCUT2D eigenvalue weighted by Crippen LogP contribution is 2.47. The average molecular weight is 400 g/mol. The monoisotopic (exact) mass is 400 g/mol. The molecule has 6 nitrogen and oxygen atoms in total. The molecule has 0 unspecified atom stereocenters. The molecule has 0 aliphatic heterocycles. The molecule has 142 valence electrons. The second kappa shape index (κ2) is 6.33. The number of benzene rings is 1. The summed E-state index contributed by atoms with van der Waals surface area (Å²) in [7, 11) is -5.92. The number of halogens is 7. The number of ether oxygens (including phenoxy) is 1. The Hall–Kier alpha value is -2.09. The topological polar surface area (TPSA) is 101 Å². The largest absolute Gasteiger partial charge is 0.505 e. The van der Waals surface area contributed by atoms with Crippen molar-refractivity contribution in [3.05, 3.63) is 29.6 Å². The lowest BCUT2D eigenvalue weighted by Crippen LogP contribution is -2.63. The fraction of sp³-hybridized carbons (Fsp3) is 0.364. The van der Waals surface area contributed by atoms with E-state index in [2.05, 4.69) is 4.74 Å². The zero-order valence-electron chi connectivity index (χ0n) is 11.5. The molecular weight excluding hydrogens is 393 g/mol. The van der Waals surface area contributed by atoms with Crippen molar-refractivity contribution in [3.8, 4) is 5.75 Å². The number of aromatic hydroxyl groups is 1. The van der Waals surface area contributed by atoms with Gasteiger partial charge in [0.25, 0.3) is 10.1 Å². The number of rotatable bonds is 4. The first-order chi connectivity index (χ1) is 11.0. The maximum atomic E-state index is 13.1. The first kappa shape index (κ1) is 21.0. The maximum Gasteiger partial charge on any atom is 0.438 e. The lowest BCUT2D eigenvalue weighted by Gasteiger charge is -2.35. The third-order valence-corrected chi connectivity index (χ3v) is 3.52. The summed E-state index contributed by atoms with van der Waals surface area (Å²) in [6, 6.07) is 0.950. The van der Waals surface area contributed by atoms with Crippen LogP contribution in [-0.2, 0) is 14.9 Å². The van der Waals surface area contributed by atoms with Crippen molar-refractivity contribution < 1.29 is 58.3 Å². The smallest absolute Gasteiger partial charge is 0.438 e. The van der Waals surface area contributed by atoms with Crippen LogP contribution >= 0.6 is 0 Å². The Morgan fingerprint density at radius 3 is 1.92 bits per heavy atom. The first-order valence-corrected chi connectivity index (χ1v) is 7.41. The molecule has 14 heteroatoms. The van der Waals surface area contributed by atoms with Crippen molar-refractivity contribution in [2.45, 2.75) is 18.0 Å². The zero-order chi connectivity index (χ0) is 19.8. The third-order valence-electron chi connectivity index (χ3n) is 2.75. The number of hydrogen-bond donors (Lipinski definition) is 2. The molecule has 0 fully saturated rings. The highest BCUT2D eigenvalue weighted by atomic mass is 32.2. The van der Waals surface area contributed by atoms with Crippen molar-refractivity contribution in [2.75, 3.05) is 5.75 Å². The molecule has 2 N–H and O–H groups in total. The van der Waals surface area contributed by atoms with Gasteiger partial charge in [-0.15, -0.1) is 0 Å². The molecular formula is C11H7F7O6S. The predicted molar refractivity (Wildman–Crippen MR) is 64.7 cm³/mol. The van der Waals surface area contributed by atoms with E-state index in [1.54, 1.807) is 0 Å². The quantitative estimate of drug-likeness (QED) is 0.458.